The Morgan fingerprint density at radius 1 is 1.31 bits per heavy atom. The van der Waals surface area contributed by atoms with E-state index >= 15 is 0 Å². The molecule has 0 saturated carbocycles. The maximum Gasteiger partial charge on any atom is 0.262 e. The SMILES string of the molecule is Cl.O=C(NCc1cccc(NC(=O)C2CCCO2)c1)C1CC(F)(F)CN1. The normalized spacial score (nSPS) is 23.9. The van der Waals surface area contributed by atoms with Gasteiger partial charge in [0.15, 0.2) is 0 Å². The standard InChI is InChI=1S/C17H21F2N3O3.ClH/c18-17(19)8-13(21-10-17)15(23)20-9-11-3-1-4-12(7-11)22-16(24)14-5-2-6-25-14;/h1,3-4,7,13-14,21H,2,5-6,8-10H2,(H,20,23)(H,22,24);1H. The van der Waals surface area contributed by atoms with Crippen molar-refractivity contribution in [2.45, 2.75) is 43.9 Å². The van der Waals surface area contributed by atoms with Gasteiger partial charge in [-0.2, -0.15) is 0 Å². The van der Waals surface area contributed by atoms with Crippen molar-refractivity contribution in [3.63, 3.8) is 0 Å². The first-order chi connectivity index (χ1) is 11.9. The fourth-order valence-corrected chi connectivity index (χ4v) is 2.98. The predicted molar refractivity (Wildman–Crippen MR) is 94.5 cm³/mol. The van der Waals surface area contributed by atoms with E-state index in [0.717, 1.165) is 12.0 Å². The van der Waals surface area contributed by atoms with Crippen molar-refractivity contribution in [2.75, 3.05) is 18.5 Å². The Labute approximate surface area is 156 Å². The van der Waals surface area contributed by atoms with E-state index in [4.69, 9.17) is 4.74 Å². The Bertz CT molecular complexity index is 654. The van der Waals surface area contributed by atoms with E-state index in [0.29, 0.717) is 18.7 Å². The maximum atomic E-state index is 13.1. The van der Waals surface area contributed by atoms with Crippen molar-refractivity contribution in [3.05, 3.63) is 29.8 Å². The molecule has 2 aliphatic rings. The fourth-order valence-electron chi connectivity index (χ4n) is 2.98. The molecule has 2 saturated heterocycles. The van der Waals surface area contributed by atoms with Gasteiger partial charge in [-0.25, -0.2) is 8.78 Å². The molecule has 6 nitrogen and oxygen atoms in total. The number of benzene rings is 1. The molecule has 3 N–H and O–H groups in total. The molecule has 0 radical (unpaired) electrons. The van der Waals surface area contributed by atoms with Crippen molar-refractivity contribution >= 4 is 29.9 Å². The first-order valence-corrected chi connectivity index (χ1v) is 8.33. The van der Waals surface area contributed by atoms with Crippen LogP contribution in [0.25, 0.3) is 0 Å². The number of alkyl halides is 2. The number of hydrogen-bond donors (Lipinski definition) is 3. The van der Waals surface area contributed by atoms with Crippen molar-refractivity contribution in [3.8, 4) is 0 Å². The average Bonchev–Trinajstić information content (AvgIpc) is 3.22. The molecule has 3 rings (SSSR count). The zero-order valence-electron chi connectivity index (χ0n) is 14.1. The van der Waals surface area contributed by atoms with Crippen LogP contribution in [0.3, 0.4) is 0 Å². The van der Waals surface area contributed by atoms with Crippen LogP contribution in [0.15, 0.2) is 24.3 Å². The summed E-state index contributed by atoms with van der Waals surface area (Å²) in [4.78, 5) is 24.0. The molecule has 0 aromatic heterocycles. The van der Waals surface area contributed by atoms with Crippen LogP contribution in [0, 0.1) is 0 Å². The summed E-state index contributed by atoms with van der Waals surface area (Å²) >= 11 is 0. The van der Waals surface area contributed by atoms with E-state index in [-0.39, 0.29) is 24.9 Å². The van der Waals surface area contributed by atoms with Gasteiger partial charge in [0.25, 0.3) is 11.8 Å². The van der Waals surface area contributed by atoms with Gasteiger partial charge in [0.05, 0.1) is 12.6 Å². The van der Waals surface area contributed by atoms with Gasteiger partial charge in [0.1, 0.15) is 6.10 Å². The third-order valence-corrected chi connectivity index (χ3v) is 4.31. The molecular formula is C17H22ClF2N3O3. The van der Waals surface area contributed by atoms with Gasteiger partial charge in [-0.15, -0.1) is 12.4 Å². The molecule has 0 aliphatic carbocycles. The number of halogens is 3. The molecule has 0 spiro atoms. The highest BCUT2D eigenvalue weighted by molar-refractivity contribution is 5.94. The van der Waals surface area contributed by atoms with Crippen molar-refractivity contribution in [2.24, 2.45) is 0 Å². The van der Waals surface area contributed by atoms with Crippen LogP contribution in [-0.4, -0.2) is 43.0 Å². The largest absolute Gasteiger partial charge is 0.368 e. The number of carbonyl (C=O) groups excluding carboxylic acids is 2. The topological polar surface area (TPSA) is 79.5 Å². The van der Waals surface area contributed by atoms with Crippen LogP contribution in [0.1, 0.15) is 24.8 Å². The first-order valence-electron chi connectivity index (χ1n) is 8.33. The van der Waals surface area contributed by atoms with E-state index in [1.54, 1.807) is 24.3 Å². The van der Waals surface area contributed by atoms with Crippen molar-refractivity contribution in [1.82, 2.24) is 10.6 Å². The summed E-state index contributed by atoms with van der Waals surface area (Å²) in [6, 6.07) is 6.16. The summed E-state index contributed by atoms with van der Waals surface area (Å²) in [6.45, 7) is 0.320. The summed E-state index contributed by atoms with van der Waals surface area (Å²) in [5.74, 6) is -3.48. The molecule has 0 bridgehead atoms. The zero-order valence-corrected chi connectivity index (χ0v) is 14.9. The molecule has 1 aromatic carbocycles. The lowest BCUT2D eigenvalue weighted by atomic mass is 10.1. The lowest BCUT2D eigenvalue weighted by molar-refractivity contribution is -0.125. The summed E-state index contributed by atoms with van der Waals surface area (Å²) < 4.78 is 31.6. The third kappa shape index (κ3) is 5.36. The molecular weight excluding hydrogens is 368 g/mol. The van der Waals surface area contributed by atoms with Gasteiger partial charge in [-0.05, 0) is 30.5 Å². The summed E-state index contributed by atoms with van der Waals surface area (Å²) in [5.41, 5.74) is 1.38. The second kappa shape index (κ2) is 8.75. The van der Waals surface area contributed by atoms with Crippen LogP contribution in [0.5, 0.6) is 0 Å². The number of ether oxygens (including phenoxy) is 1. The van der Waals surface area contributed by atoms with E-state index in [1.807, 2.05) is 0 Å². The summed E-state index contributed by atoms with van der Waals surface area (Å²) in [6.07, 6.45) is 0.675. The Balaban J connectivity index is 0.00000243. The lowest BCUT2D eigenvalue weighted by Gasteiger charge is -2.13. The second-order valence-corrected chi connectivity index (χ2v) is 6.40. The van der Waals surface area contributed by atoms with Crippen LogP contribution >= 0.6 is 12.4 Å². The molecule has 2 amide bonds. The second-order valence-electron chi connectivity index (χ2n) is 6.40. The molecule has 1 aromatic rings. The van der Waals surface area contributed by atoms with Crippen LogP contribution in [0.2, 0.25) is 0 Å². The Morgan fingerprint density at radius 2 is 2.12 bits per heavy atom. The Kier molecular flexibility index (Phi) is 6.91. The molecule has 2 unspecified atom stereocenters. The van der Waals surface area contributed by atoms with Crippen LogP contribution < -0.4 is 16.0 Å². The lowest BCUT2D eigenvalue weighted by Crippen LogP contribution is -2.40. The van der Waals surface area contributed by atoms with Crippen LogP contribution in [0.4, 0.5) is 14.5 Å². The van der Waals surface area contributed by atoms with Crippen LogP contribution in [-0.2, 0) is 20.9 Å². The van der Waals surface area contributed by atoms with E-state index < -0.39 is 36.9 Å². The van der Waals surface area contributed by atoms with Gasteiger partial charge in [0.2, 0.25) is 5.91 Å². The fraction of sp³-hybridized carbons (Fsp3) is 0.529. The highest BCUT2D eigenvalue weighted by atomic mass is 35.5. The molecule has 2 atom stereocenters. The number of nitrogens with one attached hydrogen (secondary N) is 3. The number of hydrogen-bond acceptors (Lipinski definition) is 4. The number of rotatable bonds is 5. The van der Waals surface area contributed by atoms with E-state index in [1.165, 1.54) is 0 Å². The van der Waals surface area contributed by atoms with Gasteiger partial charge in [0, 0.05) is 25.3 Å². The molecule has 2 aliphatic heterocycles. The Hall–Kier alpha value is -1.77. The van der Waals surface area contributed by atoms with Gasteiger partial charge >= 0.3 is 0 Å². The van der Waals surface area contributed by atoms with Gasteiger partial charge in [-0.3, -0.25) is 14.9 Å². The summed E-state index contributed by atoms with van der Waals surface area (Å²) in [7, 11) is 0. The van der Waals surface area contributed by atoms with Crippen molar-refractivity contribution < 1.29 is 23.1 Å². The quantitative estimate of drug-likeness (QED) is 0.718. The third-order valence-electron chi connectivity index (χ3n) is 4.31. The molecule has 2 heterocycles. The zero-order chi connectivity index (χ0) is 17.9. The smallest absolute Gasteiger partial charge is 0.262 e. The number of amides is 2. The Morgan fingerprint density at radius 3 is 2.77 bits per heavy atom. The minimum atomic E-state index is -2.84. The minimum absolute atomic E-state index is 0. The molecule has 2 fully saturated rings. The first kappa shape index (κ1) is 20.5. The highest BCUT2D eigenvalue weighted by Crippen LogP contribution is 2.25. The molecule has 9 heteroatoms. The predicted octanol–water partition coefficient (Wildman–Crippen LogP) is 1.84. The van der Waals surface area contributed by atoms with E-state index in [9.17, 15) is 18.4 Å². The van der Waals surface area contributed by atoms with E-state index in [2.05, 4.69) is 16.0 Å². The number of carbonyl (C=O) groups is 2. The monoisotopic (exact) mass is 389 g/mol. The number of anilines is 1. The highest BCUT2D eigenvalue weighted by Gasteiger charge is 2.42. The van der Waals surface area contributed by atoms with Gasteiger partial charge in [-0.1, -0.05) is 12.1 Å². The molecule has 26 heavy (non-hydrogen) atoms. The maximum absolute atomic E-state index is 13.1. The van der Waals surface area contributed by atoms with Gasteiger partial charge < -0.3 is 15.4 Å². The minimum Gasteiger partial charge on any atom is -0.368 e. The molecule has 144 valence electrons. The summed E-state index contributed by atoms with van der Waals surface area (Å²) in [5, 5.41) is 7.95. The average molecular weight is 390 g/mol. The van der Waals surface area contributed by atoms with Crippen molar-refractivity contribution in [1.29, 1.82) is 0 Å².